The maximum atomic E-state index is 13.1. The van der Waals surface area contributed by atoms with Gasteiger partial charge in [0.25, 0.3) is 0 Å². The highest BCUT2D eigenvalue weighted by Crippen LogP contribution is 2.45. The molecule has 0 aromatic heterocycles. The van der Waals surface area contributed by atoms with Crippen LogP contribution in [-0.2, 0) is 21.5 Å². The first-order valence-corrected chi connectivity index (χ1v) is 10.6. The molecular formula is C25H35N3O3. The molecule has 0 bridgehead atoms. The summed E-state index contributed by atoms with van der Waals surface area (Å²) in [5.41, 5.74) is 3.98. The molecule has 2 aromatic carbocycles. The van der Waals surface area contributed by atoms with Crippen LogP contribution >= 0.6 is 0 Å². The number of benzene rings is 2. The van der Waals surface area contributed by atoms with Gasteiger partial charge in [-0.05, 0) is 56.7 Å². The number of anilines is 3. The van der Waals surface area contributed by atoms with Gasteiger partial charge in [-0.3, -0.25) is 4.90 Å². The fourth-order valence-corrected chi connectivity index (χ4v) is 3.95. The topological polar surface area (TPSA) is 45.3 Å². The van der Waals surface area contributed by atoms with Crippen molar-refractivity contribution >= 4 is 23.2 Å². The number of nitrogens with zero attached hydrogens (tertiary/aromatic N) is 3. The van der Waals surface area contributed by atoms with Gasteiger partial charge in [-0.1, -0.05) is 12.1 Å². The van der Waals surface area contributed by atoms with E-state index in [9.17, 15) is 4.79 Å². The van der Waals surface area contributed by atoms with Crippen LogP contribution in [0.25, 0.3) is 0 Å². The lowest BCUT2D eigenvalue weighted by atomic mass is 9.88. The molecule has 6 nitrogen and oxygen atoms in total. The van der Waals surface area contributed by atoms with Crippen molar-refractivity contribution < 1.29 is 14.3 Å². The van der Waals surface area contributed by atoms with Crippen LogP contribution in [0.4, 0.5) is 21.9 Å². The Morgan fingerprint density at radius 1 is 1.00 bits per heavy atom. The molecule has 31 heavy (non-hydrogen) atoms. The van der Waals surface area contributed by atoms with E-state index in [1.807, 2.05) is 61.1 Å². The van der Waals surface area contributed by atoms with E-state index in [-0.39, 0.29) is 6.09 Å². The third-order valence-corrected chi connectivity index (χ3v) is 5.64. The van der Waals surface area contributed by atoms with E-state index >= 15 is 0 Å². The molecule has 0 N–H and O–H groups in total. The van der Waals surface area contributed by atoms with E-state index < -0.39 is 11.2 Å². The molecule has 1 unspecified atom stereocenters. The summed E-state index contributed by atoms with van der Waals surface area (Å²) in [7, 11) is 9.80. The van der Waals surface area contributed by atoms with Crippen LogP contribution in [0, 0.1) is 0 Å². The quantitative estimate of drug-likeness (QED) is 0.697. The Kier molecular flexibility index (Phi) is 6.23. The van der Waals surface area contributed by atoms with Gasteiger partial charge in [0.05, 0.1) is 12.2 Å². The summed E-state index contributed by atoms with van der Waals surface area (Å²) in [6, 6.07) is 14.6. The molecule has 0 aliphatic carbocycles. The smallest absolute Gasteiger partial charge is 0.414 e. The van der Waals surface area contributed by atoms with Crippen molar-refractivity contribution in [2.24, 2.45) is 0 Å². The zero-order valence-corrected chi connectivity index (χ0v) is 20.0. The van der Waals surface area contributed by atoms with Gasteiger partial charge in [0.15, 0.2) is 0 Å². The number of ether oxygens (including phenoxy) is 2. The fraction of sp³-hybridized carbons (Fsp3) is 0.480. The second kappa shape index (κ2) is 8.42. The highest BCUT2D eigenvalue weighted by molar-refractivity contribution is 5.92. The van der Waals surface area contributed by atoms with Crippen LogP contribution in [0.1, 0.15) is 31.9 Å². The minimum absolute atomic E-state index is 0.353. The van der Waals surface area contributed by atoms with E-state index in [4.69, 9.17) is 9.47 Å². The molecule has 2 aromatic rings. The summed E-state index contributed by atoms with van der Waals surface area (Å²) in [5.74, 6) is 0. The number of carbonyl (C=O) groups excluding carboxylic acids is 1. The Bertz CT molecular complexity index is 932. The Labute approximate surface area is 186 Å². The van der Waals surface area contributed by atoms with E-state index in [1.165, 1.54) is 0 Å². The number of fused-ring (bicyclic) bond motifs is 1. The van der Waals surface area contributed by atoms with E-state index in [0.717, 1.165) is 28.2 Å². The van der Waals surface area contributed by atoms with Gasteiger partial charge in [-0.15, -0.1) is 0 Å². The van der Waals surface area contributed by atoms with Crippen molar-refractivity contribution in [3.63, 3.8) is 0 Å². The van der Waals surface area contributed by atoms with Gasteiger partial charge in [0, 0.05) is 58.7 Å². The van der Waals surface area contributed by atoms with Gasteiger partial charge in [-0.25, -0.2) is 4.79 Å². The molecule has 0 saturated carbocycles. The molecule has 0 saturated heterocycles. The molecule has 1 atom stereocenters. The second-order valence-corrected chi connectivity index (χ2v) is 9.60. The molecule has 1 heterocycles. The van der Waals surface area contributed by atoms with Gasteiger partial charge >= 0.3 is 6.09 Å². The Morgan fingerprint density at radius 3 is 2.10 bits per heavy atom. The number of hydrogen-bond acceptors (Lipinski definition) is 5. The lowest BCUT2D eigenvalue weighted by Crippen LogP contribution is -2.42. The SMILES string of the molecule is COC1(Cc2ccc(N(C)C)cc2)CN(C(=O)OC(C)(C)C)c2ccc(N(C)C)cc21. The van der Waals surface area contributed by atoms with Crippen LogP contribution < -0.4 is 14.7 Å². The van der Waals surface area contributed by atoms with Crippen molar-refractivity contribution in [2.75, 3.05) is 56.5 Å². The zero-order chi connectivity index (χ0) is 23.0. The Balaban J connectivity index is 2.03. The van der Waals surface area contributed by atoms with Crippen LogP contribution in [0.3, 0.4) is 0 Å². The summed E-state index contributed by atoms with van der Waals surface area (Å²) in [4.78, 5) is 18.9. The molecule has 1 amide bonds. The molecule has 3 rings (SSSR count). The molecule has 0 spiro atoms. The lowest BCUT2D eigenvalue weighted by Gasteiger charge is -2.30. The van der Waals surface area contributed by atoms with Crippen LogP contribution in [-0.4, -0.2) is 53.5 Å². The van der Waals surface area contributed by atoms with Crippen molar-refractivity contribution in [3.05, 3.63) is 53.6 Å². The molecule has 0 fully saturated rings. The van der Waals surface area contributed by atoms with E-state index in [2.05, 4.69) is 40.1 Å². The van der Waals surface area contributed by atoms with Crippen LogP contribution in [0.2, 0.25) is 0 Å². The second-order valence-electron chi connectivity index (χ2n) is 9.60. The van der Waals surface area contributed by atoms with Gasteiger partial charge in [0.2, 0.25) is 0 Å². The average Bonchev–Trinajstić information content (AvgIpc) is 3.01. The first-order valence-electron chi connectivity index (χ1n) is 10.6. The molecular weight excluding hydrogens is 390 g/mol. The van der Waals surface area contributed by atoms with Crippen molar-refractivity contribution in [1.29, 1.82) is 0 Å². The predicted octanol–water partition coefficient (Wildman–Crippen LogP) is 4.66. The molecule has 6 heteroatoms. The summed E-state index contributed by atoms with van der Waals surface area (Å²) in [5, 5.41) is 0. The highest BCUT2D eigenvalue weighted by Gasteiger charge is 2.46. The summed E-state index contributed by atoms with van der Waals surface area (Å²) >= 11 is 0. The lowest BCUT2D eigenvalue weighted by molar-refractivity contribution is -0.00272. The van der Waals surface area contributed by atoms with Crippen molar-refractivity contribution in [1.82, 2.24) is 0 Å². The van der Waals surface area contributed by atoms with E-state index in [1.54, 1.807) is 12.0 Å². The van der Waals surface area contributed by atoms with Crippen LogP contribution in [0.5, 0.6) is 0 Å². The van der Waals surface area contributed by atoms with Gasteiger partial charge in [-0.2, -0.15) is 0 Å². The summed E-state index contributed by atoms with van der Waals surface area (Å²) < 4.78 is 11.9. The monoisotopic (exact) mass is 425 g/mol. The zero-order valence-electron chi connectivity index (χ0n) is 20.0. The predicted molar refractivity (Wildman–Crippen MR) is 128 cm³/mol. The molecule has 0 radical (unpaired) electrons. The van der Waals surface area contributed by atoms with Crippen LogP contribution in [0.15, 0.2) is 42.5 Å². The van der Waals surface area contributed by atoms with E-state index in [0.29, 0.717) is 13.0 Å². The third kappa shape index (κ3) is 4.79. The average molecular weight is 426 g/mol. The van der Waals surface area contributed by atoms with Gasteiger partial charge in [0.1, 0.15) is 11.2 Å². The number of hydrogen-bond donors (Lipinski definition) is 0. The maximum Gasteiger partial charge on any atom is 0.414 e. The first kappa shape index (κ1) is 22.9. The standard InChI is InChI=1S/C25H35N3O3/c1-24(2,3)31-23(29)28-17-25(30-8,16-18-9-11-19(12-10-18)26(4)5)21-15-20(27(6)7)13-14-22(21)28/h9-15H,16-17H2,1-8H3. The van der Waals surface area contributed by atoms with Crippen molar-refractivity contribution in [3.8, 4) is 0 Å². The highest BCUT2D eigenvalue weighted by atomic mass is 16.6. The number of carbonyl (C=O) groups is 1. The Morgan fingerprint density at radius 2 is 1.58 bits per heavy atom. The largest absolute Gasteiger partial charge is 0.443 e. The van der Waals surface area contributed by atoms with Gasteiger partial charge < -0.3 is 19.3 Å². The number of methoxy groups -OCH3 is 1. The number of rotatable bonds is 5. The summed E-state index contributed by atoms with van der Waals surface area (Å²) in [6.45, 7) is 6.05. The maximum absolute atomic E-state index is 13.1. The fourth-order valence-electron chi connectivity index (χ4n) is 3.95. The number of amides is 1. The normalized spacial score (nSPS) is 18.0. The molecule has 1 aliphatic rings. The summed E-state index contributed by atoms with van der Waals surface area (Å²) in [6.07, 6.45) is 0.300. The minimum atomic E-state index is -0.655. The molecule has 1 aliphatic heterocycles. The Hall–Kier alpha value is -2.73. The molecule has 168 valence electrons. The van der Waals surface area contributed by atoms with Crippen molar-refractivity contribution in [2.45, 2.75) is 38.4 Å². The minimum Gasteiger partial charge on any atom is -0.443 e. The first-order chi connectivity index (χ1) is 14.5. The third-order valence-electron chi connectivity index (χ3n) is 5.64.